The van der Waals surface area contributed by atoms with E-state index in [1.165, 1.54) is 43.6 Å². The number of aryl methyl sites for hydroxylation is 1. The molecule has 0 bridgehead atoms. The standard InChI is InChI=1S/C19H19N5O4S/c1-11-16(13(3)25)12(2)22-17(11)18(26)23-14-5-7-15(8-6-14)29(27,28)24-19-20-9-4-10-21-19/h4-10,22H,1-3H3,(H,23,26)(H,20,21,24). The molecule has 1 amide bonds. The molecule has 2 aromatic heterocycles. The molecule has 0 aliphatic heterocycles. The van der Waals surface area contributed by atoms with Crippen LogP contribution in [0, 0.1) is 13.8 Å². The fourth-order valence-electron chi connectivity index (χ4n) is 2.95. The molecule has 3 N–H and O–H groups in total. The van der Waals surface area contributed by atoms with Gasteiger partial charge >= 0.3 is 0 Å². The Morgan fingerprint density at radius 1 is 1.03 bits per heavy atom. The normalized spacial score (nSPS) is 11.1. The number of carbonyl (C=O) groups is 2. The molecule has 0 radical (unpaired) electrons. The number of aromatic nitrogens is 3. The molecular weight excluding hydrogens is 394 g/mol. The fraction of sp³-hybridized carbons (Fsp3) is 0.158. The summed E-state index contributed by atoms with van der Waals surface area (Å²) in [6, 6.07) is 7.22. The van der Waals surface area contributed by atoms with Gasteiger partial charge in [0.2, 0.25) is 5.95 Å². The maximum Gasteiger partial charge on any atom is 0.272 e. The van der Waals surface area contributed by atoms with Crippen LogP contribution in [0.4, 0.5) is 11.6 Å². The average molecular weight is 413 g/mol. The van der Waals surface area contributed by atoms with Crippen molar-refractivity contribution < 1.29 is 18.0 Å². The molecular formula is C19H19N5O4S. The van der Waals surface area contributed by atoms with E-state index in [1.54, 1.807) is 19.9 Å². The molecule has 0 saturated heterocycles. The Kier molecular flexibility index (Phi) is 5.46. The molecule has 0 atom stereocenters. The van der Waals surface area contributed by atoms with Crippen molar-refractivity contribution in [3.63, 3.8) is 0 Å². The highest BCUT2D eigenvalue weighted by Gasteiger charge is 2.20. The fourth-order valence-corrected chi connectivity index (χ4v) is 3.91. The van der Waals surface area contributed by atoms with E-state index in [9.17, 15) is 18.0 Å². The first-order valence-electron chi connectivity index (χ1n) is 8.60. The van der Waals surface area contributed by atoms with Gasteiger partial charge in [-0.05, 0) is 56.7 Å². The Morgan fingerprint density at radius 3 is 2.21 bits per heavy atom. The van der Waals surface area contributed by atoms with Gasteiger partial charge in [0.25, 0.3) is 15.9 Å². The van der Waals surface area contributed by atoms with Gasteiger partial charge in [-0.25, -0.2) is 23.1 Å². The summed E-state index contributed by atoms with van der Waals surface area (Å²) in [6.07, 6.45) is 2.84. The van der Waals surface area contributed by atoms with Gasteiger partial charge in [0.1, 0.15) is 5.69 Å². The number of ketones is 1. The topological polar surface area (TPSA) is 134 Å². The molecule has 9 nitrogen and oxygen atoms in total. The number of sulfonamides is 1. The first-order valence-corrected chi connectivity index (χ1v) is 10.1. The minimum absolute atomic E-state index is 0.00582. The third-order valence-corrected chi connectivity index (χ3v) is 5.57. The maximum atomic E-state index is 12.5. The van der Waals surface area contributed by atoms with Crippen LogP contribution >= 0.6 is 0 Å². The number of carbonyl (C=O) groups excluding carboxylic acids is 2. The predicted octanol–water partition coefficient (Wildman–Crippen LogP) is 2.68. The van der Waals surface area contributed by atoms with Crippen LogP contribution in [0.2, 0.25) is 0 Å². The Hall–Kier alpha value is -3.53. The van der Waals surface area contributed by atoms with Crippen LogP contribution in [-0.4, -0.2) is 35.1 Å². The van der Waals surface area contributed by atoms with Crippen molar-refractivity contribution in [2.75, 3.05) is 10.0 Å². The van der Waals surface area contributed by atoms with Crippen LogP contribution in [0.3, 0.4) is 0 Å². The molecule has 0 aliphatic rings. The van der Waals surface area contributed by atoms with Crippen LogP contribution in [0.15, 0.2) is 47.6 Å². The molecule has 10 heteroatoms. The van der Waals surface area contributed by atoms with E-state index in [0.29, 0.717) is 22.5 Å². The number of rotatable bonds is 6. The number of benzene rings is 1. The summed E-state index contributed by atoms with van der Waals surface area (Å²) >= 11 is 0. The number of anilines is 2. The summed E-state index contributed by atoms with van der Waals surface area (Å²) < 4.78 is 27.1. The number of H-pyrrole nitrogens is 1. The van der Waals surface area contributed by atoms with Crippen LogP contribution < -0.4 is 10.0 Å². The third-order valence-electron chi connectivity index (χ3n) is 4.23. The molecule has 3 rings (SSSR count). The minimum Gasteiger partial charge on any atom is -0.354 e. The first kappa shape index (κ1) is 20.2. The van der Waals surface area contributed by atoms with Gasteiger partial charge in [-0.2, -0.15) is 0 Å². The molecule has 0 saturated carbocycles. The van der Waals surface area contributed by atoms with Gasteiger partial charge in [-0.3, -0.25) is 9.59 Å². The highest BCUT2D eigenvalue weighted by molar-refractivity contribution is 7.92. The van der Waals surface area contributed by atoms with E-state index < -0.39 is 15.9 Å². The number of nitrogens with one attached hydrogen (secondary N) is 3. The Labute approximate surface area is 167 Å². The molecule has 0 unspecified atom stereocenters. The largest absolute Gasteiger partial charge is 0.354 e. The zero-order valence-corrected chi connectivity index (χ0v) is 16.8. The van der Waals surface area contributed by atoms with E-state index in [4.69, 9.17) is 0 Å². The highest BCUT2D eigenvalue weighted by Crippen LogP contribution is 2.21. The second-order valence-electron chi connectivity index (χ2n) is 6.34. The summed E-state index contributed by atoms with van der Waals surface area (Å²) in [7, 11) is -3.86. The lowest BCUT2D eigenvalue weighted by Crippen LogP contribution is -2.16. The van der Waals surface area contributed by atoms with Gasteiger partial charge in [0, 0.05) is 29.3 Å². The monoisotopic (exact) mass is 413 g/mol. The average Bonchev–Trinajstić information content (AvgIpc) is 2.97. The second-order valence-corrected chi connectivity index (χ2v) is 8.02. The molecule has 150 valence electrons. The minimum atomic E-state index is -3.86. The summed E-state index contributed by atoms with van der Waals surface area (Å²) in [5.74, 6) is -0.590. The SMILES string of the molecule is CC(=O)c1c(C)[nH]c(C(=O)Nc2ccc(S(=O)(=O)Nc3ncccn3)cc2)c1C. The van der Waals surface area contributed by atoms with Crippen LogP contribution in [-0.2, 0) is 10.0 Å². The van der Waals surface area contributed by atoms with E-state index in [0.717, 1.165) is 0 Å². The molecule has 29 heavy (non-hydrogen) atoms. The predicted molar refractivity (Wildman–Crippen MR) is 108 cm³/mol. The number of nitrogens with zero attached hydrogens (tertiary/aromatic N) is 2. The lowest BCUT2D eigenvalue weighted by atomic mass is 10.1. The van der Waals surface area contributed by atoms with E-state index in [1.807, 2.05) is 0 Å². The van der Waals surface area contributed by atoms with Crippen LogP contribution in [0.1, 0.15) is 39.0 Å². The van der Waals surface area contributed by atoms with Crippen molar-refractivity contribution in [1.29, 1.82) is 0 Å². The van der Waals surface area contributed by atoms with E-state index in [2.05, 4.69) is 25.0 Å². The number of Topliss-reactive ketones (excluding diaryl/α,β-unsaturated/α-hetero) is 1. The lowest BCUT2D eigenvalue weighted by molar-refractivity contribution is 0.101. The Bertz CT molecular complexity index is 1170. The first-order chi connectivity index (χ1) is 13.7. The summed E-state index contributed by atoms with van der Waals surface area (Å²) in [6.45, 7) is 4.87. The van der Waals surface area contributed by atoms with Crippen LogP contribution in [0.5, 0.6) is 0 Å². The lowest BCUT2D eigenvalue weighted by Gasteiger charge is -2.08. The van der Waals surface area contributed by atoms with Gasteiger partial charge < -0.3 is 10.3 Å². The van der Waals surface area contributed by atoms with Crippen molar-refractivity contribution in [1.82, 2.24) is 15.0 Å². The van der Waals surface area contributed by atoms with Crippen LogP contribution in [0.25, 0.3) is 0 Å². The van der Waals surface area contributed by atoms with Crippen molar-refractivity contribution in [3.05, 3.63) is 65.2 Å². The van der Waals surface area contributed by atoms with Crippen molar-refractivity contribution >= 4 is 33.3 Å². The van der Waals surface area contributed by atoms with Gasteiger partial charge in [0.15, 0.2) is 5.78 Å². The molecule has 0 fully saturated rings. The quantitative estimate of drug-likeness (QED) is 0.532. The Morgan fingerprint density at radius 2 is 1.66 bits per heavy atom. The zero-order chi connectivity index (χ0) is 21.2. The highest BCUT2D eigenvalue weighted by atomic mass is 32.2. The number of hydrogen-bond acceptors (Lipinski definition) is 6. The van der Waals surface area contributed by atoms with Gasteiger partial charge in [-0.1, -0.05) is 0 Å². The van der Waals surface area contributed by atoms with E-state index >= 15 is 0 Å². The summed E-state index contributed by atoms with van der Waals surface area (Å²) in [5, 5.41) is 2.69. The third kappa shape index (κ3) is 4.32. The number of hydrogen-bond donors (Lipinski definition) is 3. The zero-order valence-electron chi connectivity index (χ0n) is 16.0. The van der Waals surface area contributed by atoms with E-state index in [-0.39, 0.29) is 22.3 Å². The smallest absolute Gasteiger partial charge is 0.272 e. The van der Waals surface area contributed by atoms with Gasteiger partial charge in [0.05, 0.1) is 4.90 Å². The van der Waals surface area contributed by atoms with Crippen molar-refractivity contribution in [3.8, 4) is 0 Å². The summed E-state index contributed by atoms with van der Waals surface area (Å²) in [5.41, 5.74) is 2.37. The van der Waals surface area contributed by atoms with Gasteiger partial charge in [-0.15, -0.1) is 0 Å². The van der Waals surface area contributed by atoms with Crippen molar-refractivity contribution in [2.24, 2.45) is 0 Å². The molecule has 1 aromatic carbocycles. The summed E-state index contributed by atoms with van der Waals surface area (Å²) in [4.78, 5) is 34.8. The number of amides is 1. The molecule has 0 aliphatic carbocycles. The molecule has 2 heterocycles. The molecule has 0 spiro atoms. The molecule has 3 aromatic rings. The van der Waals surface area contributed by atoms with Crippen molar-refractivity contribution in [2.45, 2.75) is 25.7 Å². The second kappa shape index (κ2) is 7.84. The Balaban J connectivity index is 1.76. The number of aromatic amines is 1. The maximum absolute atomic E-state index is 12.5.